The summed E-state index contributed by atoms with van der Waals surface area (Å²) >= 11 is 0. The highest BCUT2D eigenvalue weighted by atomic mass is 16.5. The van der Waals surface area contributed by atoms with Gasteiger partial charge in [-0.2, -0.15) is 0 Å². The fourth-order valence-corrected chi connectivity index (χ4v) is 4.29. The molecule has 1 N–H and O–H groups in total. The number of benzene rings is 2. The third-order valence-electron chi connectivity index (χ3n) is 6.57. The molecule has 0 unspecified atom stereocenters. The molecule has 174 valence electrons. The van der Waals surface area contributed by atoms with Crippen LogP contribution < -0.4 is 10.7 Å². The molecule has 6 heteroatoms. The van der Waals surface area contributed by atoms with Crippen molar-refractivity contribution in [2.45, 2.75) is 39.7 Å². The fourth-order valence-electron chi connectivity index (χ4n) is 4.29. The van der Waals surface area contributed by atoms with Crippen molar-refractivity contribution in [3.63, 3.8) is 0 Å². The zero-order chi connectivity index (χ0) is 23.5. The van der Waals surface area contributed by atoms with Crippen molar-refractivity contribution in [2.24, 2.45) is 0 Å². The second-order valence-corrected chi connectivity index (χ2v) is 9.05. The average molecular weight is 449 g/mol. The average Bonchev–Trinajstić information content (AvgIpc) is 2.82. The van der Waals surface area contributed by atoms with Crippen LogP contribution in [0.15, 0.2) is 51.7 Å². The molecular formula is C27H32N2O4. The topological polar surface area (TPSA) is 71.8 Å². The maximum atomic E-state index is 13.0. The number of nitrogens with zero attached hydrogens (tertiary/aromatic N) is 1. The van der Waals surface area contributed by atoms with Crippen molar-refractivity contribution < 1.29 is 13.9 Å². The maximum absolute atomic E-state index is 13.0. The van der Waals surface area contributed by atoms with Crippen LogP contribution >= 0.6 is 0 Å². The van der Waals surface area contributed by atoms with Gasteiger partial charge in [-0.1, -0.05) is 44.2 Å². The number of nitrogens with one attached hydrogen (secondary N) is 1. The van der Waals surface area contributed by atoms with Gasteiger partial charge in [0.05, 0.1) is 24.6 Å². The molecule has 1 aliphatic heterocycles. The van der Waals surface area contributed by atoms with Crippen molar-refractivity contribution in [3.8, 4) is 0 Å². The largest absolute Gasteiger partial charge is 0.450 e. The number of carbonyl (C=O) groups is 1. The zero-order valence-electron chi connectivity index (χ0n) is 19.8. The zero-order valence-corrected chi connectivity index (χ0v) is 19.8. The van der Waals surface area contributed by atoms with Crippen LogP contribution in [0.1, 0.15) is 58.6 Å². The third-order valence-corrected chi connectivity index (χ3v) is 6.57. The van der Waals surface area contributed by atoms with Gasteiger partial charge in [0.2, 0.25) is 0 Å². The second kappa shape index (κ2) is 9.89. The van der Waals surface area contributed by atoms with Crippen LogP contribution in [0.5, 0.6) is 0 Å². The van der Waals surface area contributed by atoms with Gasteiger partial charge in [-0.25, -0.2) is 0 Å². The van der Waals surface area contributed by atoms with Crippen LogP contribution in [-0.2, 0) is 4.74 Å². The highest BCUT2D eigenvalue weighted by Gasteiger charge is 2.24. The molecule has 1 aliphatic rings. The fraction of sp³-hybridized carbons (Fsp3) is 0.407. The number of amides is 1. The highest BCUT2D eigenvalue weighted by Crippen LogP contribution is 2.25. The Kier molecular flexibility index (Phi) is 6.96. The normalized spacial score (nSPS) is 15.7. The molecule has 1 amide bonds. The van der Waals surface area contributed by atoms with Gasteiger partial charge in [-0.05, 0) is 48.1 Å². The lowest BCUT2D eigenvalue weighted by molar-refractivity contribution is 0.0161. The minimum Gasteiger partial charge on any atom is -0.450 e. The summed E-state index contributed by atoms with van der Waals surface area (Å²) < 4.78 is 11.4. The minimum absolute atomic E-state index is 0.00946. The van der Waals surface area contributed by atoms with Crippen molar-refractivity contribution >= 4 is 16.9 Å². The lowest BCUT2D eigenvalue weighted by Gasteiger charge is -2.35. The first-order valence-corrected chi connectivity index (χ1v) is 11.6. The van der Waals surface area contributed by atoms with Gasteiger partial charge in [-0.15, -0.1) is 0 Å². The molecule has 0 bridgehead atoms. The van der Waals surface area contributed by atoms with Crippen molar-refractivity contribution in [2.75, 3.05) is 32.8 Å². The minimum atomic E-state index is -0.382. The number of fused-ring (bicyclic) bond motifs is 1. The van der Waals surface area contributed by atoms with E-state index in [9.17, 15) is 9.59 Å². The molecule has 3 aromatic rings. The first-order valence-electron chi connectivity index (χ1n) is 11.6. The van der Waals surface area contributed by atoms with Crippen LogP contribution in [0, 0.1) is 13.8 Å². The summed E-state index contributed by atoms with van der Waals surface area (Å²) in [6.45, 7) is 11.6. The number of hydrogen-bond donors (Lipinski definition) is 1. The molecule has 1 fully saturated rings. The highest BCUT2D eigenvalue weighted by molar-refractivity contribution is 5.93. The van der Waals surface area contributed by atoms with Gasteiger partial charge in [0, 0.05) is 25.7 Å². The monoisotopic (exact) mass is 448 g/mol. The van der Waals surface area contributed by atoms with Crippen LogP contribution in [0.2, 0.25) is 0 Å². The molecule has 0 radical (unpaired) electrons. The number of morpholine rings is 1. The Morgan fingerprint density at radius 1 is 1.03 bits per heavy atom. The SMILES string of the molecule is Cc1ccc2c(=O)cc(C(=O)NC[C@@H](c3ccc(C(C)C)cc3)N3CCOCC3)oc2c1C. The summed E-state index contributed by atoms with van der Waals surface area (Å²) in [7, 11) is 0. The van der Waals surface area contributed by atoms with Crippen LogP contribution in [0.3, 0.4) is 0 Å². The number of ether oxygens (including phenoxy) is 1. The molecule has 1 saturated heterocycles. The first-order chi connectivity index (χ1) is 15.8. The predicted molar refractivity (Wildman–Crippen MR) is 130 cm³/mol. The Bertz CT molecular complexity index is 1190. The summed E-state index contributed by atoms with van der Waals surface area (Å²) in [6.07, 6.45) is 0. The van der Waals surface area contributed by atoms with Crippen LogP contribution in [-0.4, -0.2) is 43.7 Å². The summed E-state index contributed by atoms with van der Waals surface area (Å²) in [5, 5.41) is 3.50. The third kappa shape index (κ3) is 5.02. The first kappa shape index (κ1) is 23.2. The van der Waals surface area contributed by atoms with Gasteiger partial charge in [0.25, 0.3) is 5.91 Å². The van der Waals surface area contributed by atoms with E-state index in [0.717, 1.165) is 29.8 Å². The Labute approximate surface area is 194 Å². The van der Waals surface area contributed by atoms with E-state index in [1.165, 1.54) is 11.6 Å². The number of carbonyl (C=O) groups excluding carboxylic acids is 1. The van der Waals surface area contributed by atoms with Gasteiger partial charge in [0.1, 0.15) is 5.58 Å². The van der Waals surface area contributed by atoms with E-state index in [1.54, 1.807) is 6.07 Å². The van der Waals surface area contributed by atoms with Crippen LogP contribution in [0.25, 0.3) is 11.0 Å². The van der Waals surface area contributed by atoms with Gasteiger partial charge >= 0.3 is 0 Å². The maximum Gasteiger partial charge on any atom is 0.287 e. The van der Waals surface area contributed by atoms with Crippen LogP contribution in [0.4, 0.5) is 0 Å². The summed E-state index contributed by atoms with van der Waals surface area (Å²) in [5.41, 5.74) is 4.58. The molecule has 1 atom stereocenters. The molecular weight excluding hydrogens is 416 g/mol. The van der Waals surface area contributed by atoms with E-state index >= 15 is 0 Å². The standard InChI is InChI=1S/C27H32N2O4/c1-17(2)20-6-8-21(9-7-20)23(29-11-13-32-14-12-29)16-28-27(31)25-15-24(30)22-10-5-18(3)19(4)26(22)33-25/h5-10,15,17,23H,11-14,16H2,1-4H3,(H,28,31)/t23-/m0/s1. The number of hydrogen-bond acceptors (Lipinski definition) is 5. The van der Waals surface area contributed by atoms with Gasteiger partial charge in [-0.3, -0.25) is 14.5 Å². The second-order valence-electron chi connectivity index (χ2n) is 9.05. The summed E-state index contributed by atoms with van der Waals surface area (Å²) in [6, 6.07) is 13.5. The molecule has 0 saturated carbocycles. The molecule has 0 spiro atoms. The smallest absolute Gasteiger partial charge is 0.287 e. The van der Waals surface area contributed by atoms with Gasteiger partial charge < -0.3 is 14.5 Å². The Morgan fingerprint density at radius 3 is 2.36 bits per heavy atom. The molecule has 33 heavy (non-hydrogen) atoms. The van der Waals surface area contributed by atoms with Crippen molar-refractivity contribution in [3.05, 3.63) is 80.7 Å². The molecule has 2 heterocycles. The summed E-state index contributed by atoms with van der Waals surface area (Å²) in [5.74, 6) is 0.118. The number of rotatable bonds is 6. The quantitative estimate of drug-likeness (QED) is 0.608. The molecule has 6 nitrogen and oxygen atoms in total. The lowest BCUT2D eigenvalue weighted by atomic mass is 9.98. The van der Waals surface area contributed by atoms with E-state index in [-0.39, 0.29) is 23.1 Å². The lowest BCUT2D eigenvalue weighted by Crippen LogP contribution is -2.43. The molecule has 1 aromatic heterocycles. The Balaban J connectivity index is 1.57. The predicted octanol–water partition coefficient (Wildman–Crippen LogP) is 4.34. The number of aryl methyl sites for hydroxylation is 2. The molecule has 0 aliphatic carbocycles. The van der Waals surface area contributed by atoms with E-state index in [1.807, 2.05) is 19.9 Å². The molecule has 2 aromatic carbocycles. The van der Waals surface area contributed by atoms with E-state index < -0.39 is 0 Å². The Morgan fingerprint density at radius 2 is 1.70 bits per heavy atom. The van der Waals surface area contributed by atoms with Crippen molar-refractivity contribution in [1.29, 1.82) is 0 Å². The van der Waals surface area contributed by atoms with E-state index in [2.05, 4.69) is 48.3 Å². The Hall–Kier alpha value is -2.96. The van der Waals surface area contributed by atoms with Gasteiger partial charge in [0.15, 0.2) is 11.2 Å². The summed E-state index contributed by atoms with van der Waals surface area (Å²) in [4.78, 5) is 27.9. The van der Waals surface area contributed by atoms with Crippen molar-refractivity contribution in [1.82, 2.24) is 10.2 Å². The molecule has 4 rings (SSSR count). The van der Waals surface area contributed by atoms with E-state index in [4.69, 9.17) is 9.15 Å². The van der Waals surface area contributed by atoms with E-state index in [0.29, 0.717) is 36.6 Å².